The van der Waals surface area contributed by atoms with Gasteiger partial charge in [0.15, 0.2) is 0 Å². The molecule has 2 aromatic rings. The monoisotopic (exact) mass is 371 g/mol. The van der Waals surface area contributed by atoms with Crippen molar-refractivity contribution in [3.63, 3.8) is 0 Å². The van der Waals surface area contributed by atoms with Crippen molar-refractivity contribution in [3.8, 4) is 5.75 Å². The lowest BCUT2D eigenvalue weighted by Gasteiger charge is -2.36. The smallest absolute Gasteiger partial charge is 0.227 e. The number of hydrogen-bond donors (Lipinski definition) is 1. The number of piperazine rings is 1. The fourth-order valence-corrected chi connectivity index (χ4v) is 3.18. The lowest BCUT2D eigenvalue weighted by molar-refractivity contribution is 0.198. The summed E-state index contributed by atoms with van der Waals surface area (Å²) in [5.74, 6) is 2.57. The first-order chi connectivity index (χ1) is 13.2. The van der Waals surface area contributed by atoms with E-state index < -0.39 is 0 Å². The quantitative estimate of drug-likeness (QED) is 0.716. The summed E-state index contributed by atoms with van der Waals surface area (Å²) < 4.78 is 10.3. The molecule has 1 aromatic carbocycles. The average Bonchev–Trinajstić information content (AvgIpc) is 2.71. The molecule has 0 bridgehead atoms. The highest BCUT2D eigenvalue weighted by Crippen LogP contribution is 2.22. The van der Waals surface area contributed by atoms with Gasteiger partial charge in [-0.25, -0.2) is 4.98 Å². The van der Waals surface area contributed by atoms with Crippen LogP contribution < -0.4 is 19.9 Å². The lowest BCUT2D eigenvalue weighted by atomic mass is 10.2. The van der Waals surface area contributed by atoms with Crippen molar-refractivity contribution >= 4 is 17.5 Å². The Balaban J connectivity index is 1.58. The van der Waals surface area contributed by atoms with Gasteiger partial charge in [0, 0.05) is 63.9 Å². The van der Waals surface area contributed by atoms with Gasteiger partial charge in [0.2, 0.25) is 5.95 Å². The summed E-state index contributed by atoms with van der Waals surface area (Å²) in [6.45, 7) is 7.29. The highest BCUT2D eigenvalue weighted by atomic mass is 16.5. The summed E-state index contributed by atoms with van der Waals surface area (Å²) in [4.78, 5) is 14.0. The van der Waals surface area contributed by atoms with Gasteiger partial charge in [-0.15, -0.1) is 0 Å². The summed E-state index contributed by atoms with van der Waals surface area (Å²) >= 11 is 0. The molecule has 7 heteroatoms. The van der Waals surface area contributed by atoms with Gasteiger partial charge >= 0.3 is 0 Å². The summed E-state index contributed by atoms with van der Waals surface area (Å²) in [7, 11) is 3.41. The largest absolute Gasteiger partial charge is 0.497 e. The zero-order valence-corrected chi connectivity index (χ0v) is 16.4. The third-order valence-electron chi connectivity index (χ3n) is 4.67. The van der Waals surface area contributed by atoms with Crippen molar-refractivity contribution in [2.75, 3.05) is 68.7 Å². The maximum atomic E-state index is 5.24. The topological polar surface area (TPSA) is 62.8 Å². The second-order valence-corrected chi connectivity index (χ2v) is 6.64. The summed E-state index contributed by atoms with van der Waals surface area (Å²) in [5, 5.41) is 3.37. The van der Waals surface area contributed by atoms with E-state index in [2.05, 4.69) is 32.2 Å². The van der Waals surface area contributed by atoms with Crippen LogP contribution in [0.2, 0.25) is 0 Å². The molecule has 0 saturated carbocycles. The first-order valence-corrected chi connectivity index (χ1v) is 9.42. The molecule has 0 atom stereocenters. The van der Waals surface area contributed by atoms with E-state index in [0.717, 1.165) is 69.0 Å². The molecule has 1 N–H and O–H groups in total. The number of hydrogen-bond acceptors (Lipinski definition) is 7. The Morgan fingerprint density at radius 2 is 1.70 bits per heavy atom. The fourth-order valence-electron chi connectivity index (χ4n) is 3.18. The third-order valence-corrected chi connectivity index (χ3v) is 4.67. The van der Waals surface area contributed by atoms with Gasteiger partial charge in [-0.3, -0.25) is 0 Å². The number of rotatable bonds is 8. The Morgan fingerprint density at radius 1 is 1.00 bits per heavy atom. The van der Waals surface area contributed by atoms with Gasteiger partial charge in [0.1, 0.15) is 11.6 Å². The van der Waals surface area contributed by atoms with Crippen LogP contribution in [-0.4, -0.2) is 63.5 Å². The van der Waals surface area contributed by atoms with E-state index in [1.165, 1.54) is 5.69 Å². The molecule has 0 radical (unpaired) electrons. The maximum Gasteiger partial charge on any atom is 0.227 e. The van der Waals surface area contributed by atoms with E-state index in [-0.39, 0.29) is 0 Å². The standard InChI is InChI=1S/C20H29N5O2/c1-16-15-19(21-9-4-14-26-2)23-20(22-16)25-12-10-24(11-13-25)17-5-7-18(27-3)8-6-17/h5-8,15H,4,9-14H2,1-3H3,(H,21,22,23). The second kappa shape index (κ2) is 9.41. The van der Waals surface area contributed by atoms with E-state index in [4.69, 9.17) is 14.5 Å². The Kier molecular flexibility index (Phi) is 6.70. The van der Waals surface area contributed by atoms with Crippen LogP contribution in [0.4, 0.5) is 17.5 Å². The summed E-state index contributed by atoms with van der Waals surface area (Å²) in [6.07, 6.45) is 0.954. The molecule has 27 heavy (non-hydrogen) atoms. The lowest BCUT2D eigenvalue weighted by Crippen LogP contribution is -2.47. The molecule has 1 saturated heterocycles. The number of anilines is 3. The number of methoxy groups -OCH3 is 2. The molecule has 2 heterocycles. The maximum absolute atomic E-state index is 5.24. The molecule has 3 rings (SSSR count). The molecule has 0 aliphatic carbocycles. The fraction of sp³-hybridized carbons (Fsp3) is 0.500. The Bertz CT molecular complexity index is 715. The first-order valence-electron chi connectivity index (χ1n) is 9.42. The number of nitrogens with zero attached hydrogens (tertiary/aromatic N) is 4. The van der Waals surface area contributed by atoms with Crippen LogP contribution >= 0.6 is 0 Å². The molecule has 1 aliphatic rings. The van der Waals surface area contributed by atoms with Gasteiger partial charge in [-0.2, -0.15) is 4.98 Å². The Hall–Kier alpha value is -2.54. The molecule has 1 fully saturated rings. The number of aromatic nitrogens is 2. The number of aryl methyl sites for hydroxylation is 1. The third kappa shape index (κ3) is 5.23. The van der Waals surface area contributed by atoms with Crippen LogP contribution in [0.3, 0.4) is 0 Å². The highest BCUT2D eigenvalue weighted by Gasteiger charge is 2.20. The molecular formula is C20H29N5O2. The number of ether oxygens (including phenoxy) is 2. The minimum Gasteiger partial charge on any atom is -0.497 e. The minimum absolute atomic E-state index is 0.747. The van der Waals surface area contributed by atoms with E-state index in [1.54, 1.807) is 14.2 Å². The van der Waals surface area contributed by atoms with Crippen molar-refractivity contribution in [2.24, 2.45) is 0 Å². The second-order valence-electron chi connectivity index (χ2n) is 6.64. The molecule has 7 nitrogen and oxygen atoms in total. The van der Waals surface area contributed by atoms with Gasteiger partial charge in [-0.05, 0) is 37.6 Å². The first kappa shape index (κ1) is 19.2. The highest BCUT2D eigenvalue weighted by molar-refractivity contribution is 5.51. The molecular weight excluding hydrogens is 342 g/mol. The van der Waals surface area contributed by atoms with E-state index >= 15 is 0 Å². The van der Waals surface area contributed by atoms with Crippen molar-refractivity contribution < 1.29 is 9.47 Å². The Morgan fingerprint density at radius 3 is 2.37 bits per heavy atom. The van der Waals surface area contributed by atoms with Gasteiger partial charge in [-0.1, -0.05) is 0 Å². The molecule has 1 aromatic heterocycles. The molecule has 146 valence electrons. The molecule has 1 aliphatic heterocycles. The summed E-state index contributed by atoms with van der Waals surface area (Å²) in [6, 6.07) is 10.2. The van der Waals surface area contributed by atoms with Crippen LogP contribution in [0, 0.1) is 6.92 Å². The number of benzene rings is 1. The van der Waals surface area contributed by atoms with Crippen molar-refractivity contribution in [1.29, 1.82) is 0 Å². The zero-order chi connectivity index (χ0) is 19.1. The van der Waals surface area contributed by atoms with E-state index in [0.29, 0.717) is 0 Å². The average molecular weight is 371 g/mol. The van der Waals surface area contributed by atoms with Crippen LogP contribution in [-0.2, 0) is 4.74 Å². The SMILES string of the molecule is COCCCNc1cc(C)nc(N2CCN(c3ccc(OC)cc3)CC2)n1. The van der Waals surface area contributed by atoms with Crippen molar-refractivity contribution in [1.82, 2.24) is 9.97 Å². The minimum atomic E-state index is 0.747. The Labute approximate surface area is 161 Å². The van der Waals surface area contributed by atoms with Crippen LogP contribution in [0.5, 0.6) is 5.75 Å². The van der Waals surface area contributed by atoms with Gasteiger partial charge in [0.25, 0.3) is 0 Å². The molecule has 0 unspecified atom stereocenters. The summed E-state index contributed by atoms with van der Waals surface area (Å²) in [5.41, 5.74) is 2.20. The van der Waals surface area contributed by atoms with Gasteiger partial charge < -0.3 is 24.6 Å². The van der Waals surface area contributed by atoms with Crippen LogP contribution in [0.25, 0.3) is 0 Å². The van der Waals surface area contributed by atoms with E-state index in [1.807, 2.05) is 25.1 Å². The van der Waals surface area contributed by atoms with Gasteiger partial charge in [0.05, 0.1) is 7.11 Å². The van der Waals surface area contributed by atoms with Crippen molar-refractivity contribution in [2.45, 2.75) is 13.3 Å². The zero-order valence-electron chi connectivity index (χ0n) is 16.4. The van der Waals surface area contributed by atoms with Crippen molar-refractivity contribution in [3.05, 3.63) is 36.0 Å². The molecule has 0 spiro atoms. The van der Waals surface area contributed by atoms with Crippen LogP contribution in [0.1, 0.15) is 12.1 Å². The predicted molar refractivity (Wildman–Crippen MR) is 109 cm³/mol. The normalized spacial score (nSPS) is 14.3. The van der Waals surface area contributed by atoms with E-state index in [9.17, 15) is 0 Å². The number of nitrogens with one attached hydrogen (secondary N) is 1. The van der Waals surface area contributed by atoms with Crippen LogP contribution in [0.15, 0.2) is 30.3 Å². The molecule has 0 amide bonds. The predicted octanol–water partition coefficient (Wildman–Crippen LogP) is 2.57.